The van der Waals surface area contributed by atoms with E-state index in [0.717, 1.165) is 56.7 Å². The number of likely N-dealkylation sites (tertiary alicyclic amines) is 1. The number of piperazine rings is 1. The highest BCUT2D eigenvalue weighted by Crippen LogP contribution is 2.28. The molecule has 2 aliphatic rings. The van der Waals surface area contributed by atoms with Crippen molar-refractivity contribution < 1.29 is 9.59 Å². The fourth-order valence-corrected chi connectivity index (χ4v) is 4.61. The smallest absolute Gasteiger partial charge is 0.317 e. The van der Waals surface area contributed by atoms with Gasteiger partial charge in [-0.1, -0.05) is 30.3 Å². The predicted octanol–water partition coefficient (Wildman–Crippen LogP) is 3.56. The Morgan fingerprint density at radius 3 is 2.45 bits per heavy atom. The van der Waals surface area contributed by atoms with Crippen molar-refractivity contribution in [3.8, 4) is 0 Å². The molecule has 0 aliphatic carbocycles. The van der Waals surface area contributed by atoms with Crippen molar-refractivity contribution in [1.29, 1.82) is 0 Å². The van der Waals surface area contributed by atoms with Crippen molar-refractivity contribution in [1.82, 2.24) is 15.1 Å². The van der Waals surface area contributed by atoms with Crippen LogP contribution in [0.5, 0.6) is 0 Å². The zero-order chi connectivity index (χ0) is 21.6. The van der Waals surface area contributed by atoms with Crippen LogP contribution in [0.25, 0.3) is 0 Å². The van der Waals surface area contributed by atoms with E-state index in [2.05, 4.69) is 40.5 Å². The Balaban J connectivity index is 1.39. The number of hydrogen-bond acceptors (Lipinski definition) is 3. The molecule has 2 fully saturated rings. The molecule has 0 bridgehead atoms. The van der Waals surface area contributed by atoms with E-state index in [9.17, 15) is 9.59 Å². The van der Waals surface area contributed by atoms with Crippen molar-refractivity contribution in [3.05, 3.63) is 65.7 Å². The highest BCUT2D eigenvalue weighted by molar-refractivity contribution is 5.94. The zero-order valence-electron chi connectivity index (χ0n) is 18.3. The van der Waals surface area contributed by atoms with Crippen molar-refractivity contribution in [2.24, 2.45) is 0 Å². The number of piperidine rings is 1. The zero-order valence-corrected chi connectivity index (χ0v) is 18.3. The van der Waals surface area contributed by atoms with Crippen molar-refractivity contribution >= 4 is 17.6 Å². The van der Waals surface area contributed by atoms with Crippen LogP contribution in [0.15, 0.2) is 54.6 Å². The van der Waals surface area contributed by atoms with E-state index in [1.165, 1.54) is 5.69 Å². The van der Waals surface area contributed by atoms with Crippen LogP contribution in [0, 0.1) is 0 Å². The first kappa shape index (κ1) is 21.2. The molecule has 31 heavy (non-hydrogen) atoms. The normalized spacial score (nSPS) is 19.3. The van der Waals surface area contributed by atoms with Gasteiger partial charge in [-0.15, -0.1) is 0 Å². The van der Waals surface area contributed by atoms with Crippen LogP contribution in [-0.2, 0) is 0 Å². The first-order valence-corrected chi connectivity index (χ1v) is 11.4. The van der Waals surface area contributed by atoms with Crippen LogP contribution in [0.2, 0.25) is 0 Å². The van der Waals surface area contributed by atoms with Crippen LogP contribution in [0.3, 0.4) is 0 Å². The summed E-state index contributed by atoms with van der Waals surface area (Å²) in [5.41, 5.74) is 3.12. The fraction of sp³-hybridized carbons (Fsp3) is 0.440. The third-order valence-electron chi connectivity index (χ3n) is 6.33. The van der Waals surface area contributed by atoms with Crippen LogP contribution in [-0.4, -0.2) is 67.6 Å². The molecule has 4 rings (SSSR count). The van der Waals surface area contributed by atoms with Crippen LogP contribution >= 0.6 is 0 Å². The van der Waals surface area contributed by atoms with Gasteiger partial charge in [0, 0.05) is 63.0 Å². The van der Waals surface area contributed by atoms with Gasteiger partial charge in [-0.25, -0.2) is 4.79 Å². The van der Waals surface area contributed by atoms with Gasteiger partial charge >= 0.3 is 6.03 Å². The van der Waals surface area contributed by atoms with Gasteiger partial charge in [0.25, 0.3) is 5.91 Å². The Bertz CT molecular complexity index is 893. The number of benzene rings is 2. The lowest BCUT2D eigenvalue weighted by Crippen LogP contribution is -2.48. The molecule has 1 N–H and O–H groups in total. The van der Waals surface area contributed by atoms with Gasteiger partial charge in [0.15, 0.2) is 0 Å². The highest BCUT2D eigenvalue weighted by atomic mass is 16.2. The average molecular weight is 421 g/mol. The molecule has 6 heteroatoms. The molecule has 164 valence electrons. The predicted molar refractivity (Wildman–Crippen MR) is 124 cm³/mol. The lowest BCUT2D eigenvalue weighted by atomic mass is 9.89. The molecule has 2 aliphatic heterocycles. The topological polar surface area (TPSA) is 55.9 Å². The summed E-state index contributed by atoms with van der Waals surface area (Å²) in [5.74, 6) is 0.380. The van der Waals surface area contributed by atoms with E-state index < -0.39 is 0 Å². The summed E-state index contributed by atoms with van der Waals surface area (Å²) in [6.45, 7) is 7.24. The molecule has 0 aromatic heterocycles. The monoisotopic (exact) mass is 420 g/mol. The van der Waals surface area contributed by atoms with E-state index >= 15 is 0 Å². The molecular weight excluding hydrogens is 388 g/mol. The van der Waals surface area contributed by atoms with Gasteiger partial charge in [-0.2, -0.15) is 0 Å². The maximum Gasteiger partial charge on any atom is 0.317 e. The summed E-state index contributed by atoms with van der Waals surface area (Å²) in [5, 5.41) is 2.90. The second kappa shape index (κ2) is 9.86. The molecule has 2 aromatic rings. The molecule has 6 nitrogen and oxygen atoms in total. The van der Waals surface area contributed by atoms with E-state index in [1.54, 1.807) is 0 Å². The molecule has 0 saturated carbocycles. The number of nitrogens with zero attached hydrogens (tertiary/aromatic N) is 3. The molecule has 2 heterocycles. The average Bonchev–Trinajstić information content (AvgIpc) is 2.84. The summed E-state index contributed by atoms with van der Waals surface area (Å²) >= 11 is 0. The Labute approximate surface area is 184 Å². The van der Waals surface area contributed by atoms with Crippen LogP contribution in [0.4, 0.5) is 10.5 Å². The number of carbonyl (C=O) groups excluding carboxylic acids is 2. The molecule has 2 saturated heterocycles. The summed E-state index contributed by atoms with van der Waals surface area (Å²) in [7, 11) is 0. The van der Waals surface area contributed by atoms with Crippen molar-refractivity contribution in [3.63, 3.8) is 0 Å². The first-order chi connectivity index (χ1) is 15.2. The number of rotatable bonds is 4. The van der Waals surface area contributed by atoms with Gasteiger partial charge < -0.3 is 20.0 Å². The van der Waals surface area contributed by atoms with Gasteiger partial charge in [0.1, 0.15) is 0 Å². The highest BCUT2D eigenvalue weighted by Gasteiger charge is 2.26. The molecule has 2 aromatic carbocycles. The van der Waals surface area contributed by atoms with E-state index in [1.807, 2.05) is 41.0 Å². The second-order valence-electron chi connectivity index (χ2n) is 8.36. The maximum absolute atomic E-state index is 13.2. The summed E-state index contributed by atoms with van der Waals surface area (Å²) < 4.78 is 0. The third-order valence-corrected chi connectivity index (χ3v) is 6.33. The first-order valence-electron chi connectivity index (χ1n) is 11.4. The minimum absolute atomic E-state index is 0.00992. The lowest BCUT2D eigenvalue weighted by molar-refractivity contribution is 0.0746. The molecule has 0 spiro atoms. The van der Waals surface area contributed by atoms with Gasteiger partial charge in [-0.3, -0.25) is 4.79 Å². The van der Waals surface area contributed by atoms with E-state index in [-0.39, 0.29) is 17.9 Å². The second-order valence-corrected chi connectivity index (χ2v) is 8.36. The molecular formula is C25H32N4O2. The maximum atomic E-state index is 13.2. The van der Waals surface area contributed by atoms with Gasteiger partial charge in [0.2, 0.25) is 0 Å². The largest absolute Gasteiger partial charge is 0.368 e. The molecule has 0 unspecified atom stereocenters. The Morgan fingerprint density at radius 2 is 1.71 bits per heavy atom. The van der Waals surface area contributed by atoms with Crippen molar-refractivity contribution in [2.75, 3.05) is 50.7 Å². The number of amides is 3. The number of carbonyl (C=O) groups is 2. The lowest BCUT2D eigenvalue weighted by Gasteiger charge is -2.36. The Kier molecular flexibility index (Phi) is 6.75. The van der Waals surface area contributed by atoms with Crippen LogP contribution in [0.1, 0.15) is 41.6 Å². The van der Waals surface area contributed by atoms with E-state index in [4.69, 9.17) is 0 Å². The Hall–Kier alpha value is -3.02. The number of anilines is 1. The fourth-order valence-electron chi connectivity index (χ4n) is 4.61. The standard InChI is InChI=1S/C25H32N4O2/c1-2-26-25(31)29-13-7-10-22(19-29)20-8-6-9-21(18-20)24(30)28-16-14-27(15-17-28)23-11-4-3-5-12-23/h3-6,8-9,11-12,18,22H,2,7,10,13-17,19H2,1H3,(H,26,31)/t22-/m1/s1. The number of nitrogens with one attached hydrogen (secondary N) is 1. The third kappa shape index (κ3) is 5.01. The minimum atomic E-state index is 0.00992. The van der Waals surface area contributed by atoms with Crippen molar-refractivity contribution in [2.45, 2.75) is 25.7 Å². The van der Waals surface area contributed by atoms with Gasteiger partial charge in [-0.05, 0) is 49.6 Å². The minimum Gasteiger partial charge on any atom is -0.368 e. The molecule has 1 atom stereocenters. The summed E-state index contributed by atoms with van der Waals surface area (Å²) in [6.07, 6.45) is 2.03. The number of urea groups is 1. The SMILES string of the molecule is CCNC(=O)N1CCC[C@@H](c2cccc(C(=O)N3CCN(c4ccccc4)CC3)c2)C1. The quantitative estimate of drug-likeness (QED) is 0.823. The molecule has 0 radical (unpaired) electrons. The Morgan fingerprint density at radius 1 is 0.935 bits per heavy atom. The number of hydrogen-bond donors (Lipinski definition) is 1. The molecule has 3 amide bonds. The van der Waals surface area contributed by atoms with E-state index in [0.29, 0.717) is 13.1 Å². The van der Waals surface area contributed by atoms with Gasteiger partial charge in [0.05, 0.1) is 0 Å². The summed E-state index contributed by atoms with van der Waals surface area (Å²) in [6, 6.07) is 18.4. The van der Waals surface area contributed by atoms with Crippen LogP contribution < -0.4 is 10.2 Å². The summed E-state index contributed by atoms with van der Waals surface area (Å²) in [4.78, 5) is 31.6. The number of para-hydroxylation sites is 1.